The first kappa shape index (κ1) is 17.6. The molecule has 2 aromatic carbocycles. The van der Waals surface area contributed by atoms with Crippen molar-refractivity contribution < 1.29 is 9.66 Å². The lowest BCUT2D eigenvalue weighted by Gasteiger charge is -2.19. The summed E-state index contributed by atoms with van der Waals surface area (Å²) >= 11 is 0. The van der Waals surface area contributed by atoms with Crippen LogP contribution in [0.3, 0.4) is 0 Å². The average Bonchev–Trinajstić information content (AvgIpc) is 3.08. The molecule has 1 aromatic heterocycles. The summed E-state index contributed by atoms with van der Waals surface area (Å²) < 4.78 is 5.72. The van der Waals surface area contributed by atoms with Crippen molar-refractivity contribution in [1.29, 1.82) is 0 Å². The fourth-order valence-electron chi connectivity index (χ4n) is 2.51. The number of hydrogen-bond donors (Lipinski definition) is 1. The molecule has 0 atom stereocenters. The van der Waals surface area contributed by atoms with Gasteiger partial charge in [-0.05, 0) is 29.2 Å². The van der Waals surface area contributed by atoms with Gasteiger partial charge in [0.15, 0.2) is 11.6 Å². The largest absolute Gasteiger partial charge is 0.486 e. The van der Waals surface area contributed by atoms with Crippen molar-refractivity contribution in [1.82, 2.24) is 15.2 Å². The van der Waals surface area contributed by atoms with Gasteiger partial charge in [0.1, 0.15) is 12.4 Å². The molecule has 0 aliphatic rings. The van der Waals surface area contributed by atoms with Crippen LogP contribution in [0.1, 0.15) is 32.2 Å². The summed E-state index contributed by atoms with van der Waals surface area (Å²) in [5.41, 5.74) is 1.65. The Hall–Kier alpha value is -3.22. The number of para-hydroxylation sites is 1. The number of aromatic amines is 1. The number of aromatic nitrogens is 3. The highest BCUT2D eigenvalue weighted by Crippen LogP contribution is 2.27. The van der Waals surface area contributed by atoms with Gasteiger partial charge in [-0.15, -0.1) is 0 Å². The number of H-pyrrole nitrogens is 1. The topological polar surface area (TPSA) is 93.9 Å². The van der Waals surface area contributed by atoms with E-state index in [4.69, 9.17) is 4.74 Å². The Morgan fingerprint density at radius 3 is 2.46 bits per heavy atom. The molecule has 1 heterocycles. The van der Waals surface area contributed by atoms with Crippen molar-refractivity contribution in [2.24, 2.45) is 0 Å². The van der Waals surface area contributed by atoms with Crippen LogP contribution in [-0.2, 0) is 12.0 Å². The highest BCUT2D eigenvalue weighted by atomic mass is 16.6. The summed E-state index contributed by atoms with van der Waals surface area (Å²) in [6, 6.07) is 14.3. The Bertz CT molecular complexity index is 911. The maximum atomic E-state index is 11.1. The molecule has 0 saturated heterocycles. The maximum Gasteiger partial charge on any atom is 0.280 e. The molecule has 0 radical (unpaired) electrons. The third-order valence-electron chi connectivity index (χ3n) is 3.97. The molecule has 0 unspecified atom stereocenters. The first-order valence-electron chi connectivity index (χ1n) is 8.23. The molecule has 3 aromatic rings. The van der Waals surface area contributed by atoms with Crippen molar-refractivity contribution in [2.75, 3.05) is 0 Å². The van der Waals surface area contributed by atoms with E-state index in [0.717, 1.165) is 5.75 Å². The van der Waals surface area contributed by atoms with Crippen molar-refractivity contribution >= 4 is 5.69 Å². The second-order valence-corrected chi connectivity index (χ2v) is 6.94. The zero-order valence-electron chi connectivity index (χ0n) is 14.9. The summed E-state index contributed by atoms with van der Waals surface area (Å²) in [6.07, 6.45) is 0. The summed E-state index contributed by atoms with van der Waals surface area (Å²) in [5, 5.41) is 18.0. The molecule has 0 spiro atoms. The number of nitro groups is 1. The molecule has 3 rings (SSSR count). The Balaban J connectivity index is 1.71. The molecule has 7 nitrogen and oxygen atoms in total. The minimum atomic E-state index is -0.446. The fraction of sp³-hybridized carbons (Fsp3) is 0.263. The van der Waals surface area contributed by atoms with Crippen LogP contribution in [0.4, 0.5) is 5.69 Å². The molecule has 0 aliphatic heterocycles. The van der Waals surface area contributed by atoms with E-state index in [-0.39, 0.29) is 23.5 Å². The maximum absolute atomic E-state index is 11.1. The minimum Gasteiger partial charge on any atom is -0.486 e. The van der Waals surface area contributed by atoms with Gasteiger partial charge in [-0.3, -0.25) is 15.2 Å². The van der Waals surface area contributed by atoms with Gasteiger partial charge in [0.2, 0.25) is 0 Å². The summed E-state index contributed by atoms with van der Waals surface area (Å²) in [7, 11) is 0. The van der Waals surface area contributed by atoms with E-state index < -0.39 is 4.92 Å². The zero-order valence-corrected chi connectivity index (χ0v) is 14.9. The Labute approximate surface area is 151 Å². The predicted octanol–water partition coefficient (Wildman–Crippen LogP) is 4.26. The first-order valence-corrected chi connectivity index (χ1v) is 8.23. The molecule has 0 aliphatic carbocycles. The van der Waals surface area contributed by atoms with Gasteiger partial charge in [0, 0.05) is 6.07 Å². The lowest BCUT2D eigenvalue weighted by molar-refractivity contribution is -0.384. The molecule has 7 heteroatoms. The van der Waals surface area contributed by atoms with Crippen molar-refractivity contribution in [2.45, 2.75) is 32.8 Å². The number of nitro benzene ring substituents is 1. The van der Waals surface area contributed by atoms with Gasteiger partial charge in [0.05, 0.1) is 10.5 Å². The average molecular weight is 352 g/mol. The van der Waals surface area contributed by atoms with Crippen LogP contribution in [0.15, 0.2) is 48.5 Å². The van der Waals surface area contributed by atoms with E-state index in [1.54, 1.807) is 18.2 Å². The summed E-state index contributed by atoms with van der Waals surface area (Å²) in [5.74, 6) is 1.50. The number of ether oxygens (including phenoxy) is 1. The van der Waals surface area contributed by atoms with E-state index in [0.29, 0.717) is 11.4 Å². The second kappa shape index (κ2) is 6.95. The van der Waals surface area contributed by atoms with Crippen molar-refractivity contribution in [3.05, 3.63) is 70.0 Å². The van der Waals surface area contributed by atoms with Crippen molar-refractivity contribution in [3.63, 3.8) is 0 Å². The monoisotopic (exact) mass is 352 g/mol. The molecule has 26 heavy (non-hydrogen) atoms. The minimum absolute atomic E-state index is 0.0308. The predicted molar refractivity (Wildman–Crippen MR) is 97.9 cm³/mol. The van der Waals surface area contributed by atoms with Crippen LogP contribution in [-0.4, -0.2) is 20.1 Å². The first-order chi connectivity index (χ1) is 12.3. The molecular weight excluding hydrogens is 332 g/mol. The molecule has 1 N–H and O–H groups in total. The van der Waals surface area contributed by atoms with Gasteiger partial charge in [-0.25, -0.2) is 4.98 Å². The molecule has 0 fully saturated rings. The van der Waals surface area contributed by atoms with E-state index in [1.807, 2.05) is 24.3 Å². The van der Waals surface area contributed by atoms with Crippen LogP contribution >= 0.6 is 0 Å². The molecular formula is C19H20N4O3. The van der Waals surface area contributed by atoms with Crippen LogP contribution in [0.25, 0.3) is 11.4 Å². The van der Waals surface area contributed by atoms with Crippen LogP contribution < -0.4 is 4.74 Å². The van der Waals surface area contributed by atoms with Crippen LogP contribution in [0.2, 0.25) is 0 Å². The lowest BCUT2D eigenvalue weighted by atomic mass is 9.87. The van der Waals surface area contributed by atoms with Crippen molar-refractivity contribution in [3.8, 4) is 17.1 Å². The normalized spacial score (nSPS) is 11.3. The summed E-state index contributed by atoms with van der Waals surface area (Å²) in [4.78, 5) is 15.0. The molecule has 134 valence electrons. The van der Waals surface area contributed by atoms with Gasteiger partial charge < -0.3 is 4.74 Å². The third kappa shape index (κ3) is 3.88. The van der Waals surface area contributed by atoms with Gasteiger partial charge >= 0.3 is 0 Å². The summed E-state index contributed by atoms with van der Waals surface area (Å²) in [6.45, 7) is 6.66. The highest BCUT2D eigenvalue weighted by Gasteiger charge is 2.18. The zero-order chi connectivity index (χ0) is 18.7. The number of rotatable bonds is 5. The number of hydrogen-bond acceptors (Lipinski definition) is 5. The van der Waals surface area contributed by atoms with E-state index in [9.17, 15) is 10.1 Å². The Kier molecular flexibility index (Phi) is 4.71. The lowest BCUT2D eigenvalue weighted by Crippen LogP contribution is -2.10. The highest BCUT2D eigenvalue weighted by molar-refractivity contribution is 5.67. The van der Waals surface area contributed by atoms with Gasteiger partial charge in [-0.1, -0.05) is 45.0 Å². The van der Waals surface area contributed by atoms with Crippen LogP contribution in [0, 0.1) is 10.1 Å². The van der Waals surface area contributed by atoms with E-state index in [1.165, 1.54) is 11.6 Å². The van der Waals surface area contributed by atoms with Crippen LogP contribution in [0.5, 0.6) is 5.75 Å². The van der Waals surface area contributed by atoms with Gasteiger partial charge in [-0.2, -0.15) is 5.10 Å². The Morgan fingerprint density at radius 2 is 1.81 bits per heavy atom. The quantitative estimate of drug-likeness (QED) is 0.547. The van der Waals surface area contributed by atoms with E-state index in [2.05, 4.69) is 36.0 Å². The Morgan fingerprint density at radius 1 is 1.12 bits per heavy atom. The smallest absolute Gasteiger partial charge is 0.280 e. The standard InChI is InChI=1S/C19H20N4O3/c1-19(2,3)13-8-10-14(11-9-13)26-12-17-20-18(22-21-17)15-6-4-5-7-16(15)23(24)25/h4-11H,12H2,1-3H3,(H,20,21,22). The number of nitrogens with zero attached hydrogens (tertiary/aromatic N) is 3. The second-order valence-electron chi connectivity index (χ2n) is 6.94. The number of nitrogens with one attached hydrogen (secondary N) is 1. The molecule has 0 bridgehead atoms. The third-order valence-corrected chi connectivity index (χ3v) is 3.97. The fourth-order valence-corrected chi connectivity index (χ4v) is 2.51. The van der Waals surface area contributed by atoms with Gasteiger partial charge in [0.25, 0.3) is 5.69 Å². The molecule has 0 saturated carbocycles. The number of benzene rings is 2. The molecule has 0 amide bonds. The SMILES string of the molecule is CC(C)(C)c1ccc(OCc2nc(-c3ccccc3[N+](=O)[O-])n[nH]2)cc1. The van der Waals surface area contributed by atoms with E-state index >= 15 is 0 Å².